The standard InChI is InChI=1S/C12H13BrF2N2O/c1-7-6-16-4-5-17(7)12(18)10-9(14)3-2-8(13)11(10)15/h2-3,7,16H,4-6H2,1H3/t7-/m0/s1. The van der Waals surface area contributed by atoms with E-state index in [9.17, 15) is 13.6 Å². The van der Waals surface area contributed by atoms with Gasteiger partial charge in [0.1, 0.15) is 11.4 Å². The summed E-state index contributed by atoms with van der Waals surface area (Å²) in [5.41, 5.74) is -0.488. The van der Waals surface area contributed by atoms with Crippen molar-refractivity contribution in [2.24, 2.45) is 0 Å². The lowest BCUT2D eigenvalue weighted by Crippen LogP contribution is -2.52. The van der Waals surface area contributed by atoms with Gasteiger partial charge in [-0.2, -0.15) is 0 Å². The summed E-state index contributed by atoms with van der Waals surface area (Å²) in [4.78, 5) is 13.7. The van der Waals surface area contributed by atoms with Crippen LogP contribution in [0.4, 0.5) is 8.78 Å². The first-order valence-electron chi connectivity index (χ1n) is 5.67. The van der Waals surface area contributed by atoms with Gasteiger partial charge in [-0.15, -0.1) is 0 Å². The summed E-state index contributed by atoms with van der Waals surface area (Å²) in [6.07, 6.45) is 0. The predicted molar refractivity (Wildman–Crippen MR) is 67.4 cm³/mol. The third-order valence-electron chi connectivity index (χ3n) is 3.02. The molecule has 3 nitrogen and oxygen atoms in total. The fraction of sp³-hybridized carbons (Fsp3) is 0.417. The Balaban J connectivity index is 2.36. The van der Waals surface area contributed by atoms with E-state index in [1.807, 2.05) is 6.92 Å². The van der Waals surface area contributed by atoms with Crippen molar-refractivity contribution in [3.05, 3.63) is 33.8 Å². The molecule has 0 aromatic heterocycles. The Morgan fingerprint density at radius 1 is 1.50 bits per heavy atom. The van der Waals surface area contributed by atoms with Gasteiger partial charge in [-0.05, 0) is 35.0 Å². The topological polar surface area (TPSA) is 32.3 Å². The minimum absolute atomic E-state index is 0.0796. The van der Waals surface area contributed by atoms with E-state index in [2.05, 4.69) is 21.2 Å². The molecule has 18 heavy (non-hydrogen) atoms. The van der Waals surface area contributed by atoms with E-state index >= 15 is 0 Å². The average Bonchev–Trinajstić information content (AvgIpc) is 2.35. The van der Waals surface area contributed by atoms with Crippen LogP contribution in [0.1, 0.15) is 17.3 Å². The fourth-order valence-electron chi connectivity index (χ4n) is 2.01. The molecule has 1 aromatic rings. The van der Waals surface area contributed by atoms with Gasteiger partial charge >= 0.3 is 0 Å². The van der Waals surface area contributed by atoms with Crippen LogP contribution in [0.15, 0.2) is 16.6 Å². The van der Waals surface area contributed by atoms with Crippen LogP contribution in [0.3, 0.4) is 0 Å². The van der Waals surface area contributed by atoms with Gasteiger partial charge in [-0.25, -0.2) is 8.78 Å². The molecule has 6 heteroatoms. The van der Waals surface area contributed by atoms with Crippen LogP contribution >= 0.6 is 15.9 Å². The molecule has 1 aliphatic rings. The highest BCUT2D eigenvalue weighted by atomic mass is 79.9. The fourth-order valence-corrected chi connectivity index (χ4v) is 2.34. The van der Waals surface area contributed by atoms with E-state index in [-0.39, 0.29) is 10.5 Å². The normalized spacial score (nSPS) is 20.0. The summed E-state index contributed by atoms with van der Waals surface area (Å²) in [5.74, 6) is -2.27. The number of hydrogen-bond acceptors (Lipinski definition) is 2. The maximum Gasteiger partial charge on any atom is 0.260 e. The molecule has 0 saturated carbocycles. The van der Waals surface area contributed by atoms with Crippen molar-refractivity contribution in [3.63, 3.8) is 0 Å². The summed E-state index contributed by atoms with van der Waals surface area (Å²) >= 11 is 2.96. The third kappa shape index (κ3) is 2.40. The Kier molecular flexibility index (Phi) is 3.97. The minimum Gasteiger partial charge on any atom is -0.333 e. The van der Waals surface area contributed by atoms with Crippen molar-refractivity contribution in [1.82, 2.24) is 10.2 Å². The first-order valence-corrected chi connectivity index (χ1v) is 6.47. The van der Waals surface area contributed by atoms with Crippen LogP contribution < -0.4 is 5.32 Å². The predicted octanol–water partition coefficient (Wildman–Crippen LogP) is 2.16. The number of rotatable bonds is 1. The maximum absolute atomic E-state index is 13.8. The largest absolute Gasteiger partial charge is 0.333 e. The van der Waals surface area contributed by atoms with Gasteiger partial charge in [0, 0.05) is 25.7 Å². The molecule has 2 rings (SSSR count). The maximum atomic E-state index is 13.8. The third-order valence-corrected chi connectivity index (χ3v) is 3.63. The SMILES string of the molecule is C[C@H]1CNCCN1C(=O)c1c(F)ccc(Br)c1F. The van der Waals surface area contributed by atoms with Crippen LogP contribution in [-0.2, 0) is 0 Å². The number of amides is 1. The summed E-state index contributed by atoms with van der Waals surface area (Å²) in [5, 5.41) is 3.12. The van der Waals surface area contributed by atoms with E-state index < -0.39 is 23.1 Å². The lowest BCUT2D eigenvalue weighted by molar-refractivity contribution is 0.0645. The quantitative estimate of drug-likeness (QED) is 0.805. The second-order valence-corrected chi connectivity index (χ2v) is 5.12. The summed E-state index contributed by atoms with van der Waals surface area (Å²) in [7, 11) is 0. The van der Waals surface area contributed by atoms with Crippen LogP contribution in [0, 0.1) is 11.6 Å². The molecule has 1 N–H and O–H groups in total. The number of nitrogens with zero attached hydrogens (tertiary/aromatic N) is 1. The highest BCUT2D eigenvalue weighted by Crippen LogP contribution is 2.23. The molecule has 0 unspecified atom stereocenters. The van der Waals surface area contributed by atoms with Gasteiger partial charge in [-0.1, -0.05) is 0 Å². The van der Waals surface area contributed by atoms with Gasteiger partial charge in [0.2, 0.25) is 0 Å². The Hall–Kier alpha value is -1.01. The Morgan fingerprint density at radius 2 is 2.22 bits per heavy atom. The number of carbonyl (C=O) groups is 1. The van der Waals surface area contributed by atoms with Crippen molar-refractivity contribution in [3.8, 4) is 0 Å². The van der Waals surface area contributed by atoms with Gasteiger partial charge < -0.3 is 10.2 Å². The van der Waals surface area contributed by atoms with E-state index in [1.54, 1.807) is 0 Å². The molecule has 1 fully saturated rings. The number of carbonyl (C=O) groups excluding carboxylic acids is 1. The summed E-state index contributed by atoms with van der Waals surface area (Å²) in [6, 6.07) is 2.26. The van der Waals surface area contributed by atoms with Gasteiger partial charge in [0.05, 0.1) is 4.47 Å². The summed E-state index contributed by atoms with van der Waals surface area (Å²) < 4.78 is 27.6. The molecule has 1 aliphatic heterocycles. The molecule has 0 spiro atoms. The molecule has 1 aromatic carbocycles. The van der Waals surface area contributed by atoms with Crippen LogP contribution in [-0.4, -0.2) is 36.5 Å². The Bertz CT molecular complexity index is 481. The lowest BCUT2D eigenvalue weighted by Gasteiger charge is -2.34. The highest BCUT2D eigenvalue weighted by Gasteiger charge is 2.29. The number of halogens is 3. The minimum atomic E-state index is -0.842. The monoisotopic (exact) mass is 318 g/mol. The Labute approximate surface area is 112 Å². The molecule has 1 amide bonds. The Morgan fingerprint density at radius 3 is 2.89 bits per heavy atom. The number of nitrogens with one attached hydrogen (secondary N) is 1. The van der Waals surface area contributed by atoms with E-state index in [1.165, 1.54) is 11.0 Å². The number of piperazine rings is 1. The van der Waals surface area contributed by atoms with E-state index in [4.69, 9.17) is 0 Å². The second kappa shape index (κ2) is 5.32. The molecule has 1 atom stereocenters. The van der Waals surface area contributed by atoms with Gasteiger partial charge in [0.25, 0.3) is 5.91 Å². The summed E-state index contributed by atoms with van der Waals surface area (Å²) in [6.45, 7) is 3.56. The molecule has 0 radical (unpaired) electrons. The van der Waals surface area contributed by atoms with Crippen molar-refractivity contribution in [1.29, 1.82) is 0 Å². The van der Waals surface area contributed by atoms with Crippen molar-refractivity contribution < 1.29 is 13.6 Å². The molecule has 98 valence electrons. The van der Waals surface area contributed by atoms with Gasteiger partial charge in [-0.3, -0.25) is 4.79 Å². The lowest BCUT2D eigenvalue weighted by atomic mass is 10.1. The first kappa shape index (κ1) is 13.4. The van der Waals surface area contributed by atoms with Crippen molar-refractivity contribution in [2.45, 2.75) is 13.0 Å². The molecule has 0 aliphatic carbocycles. The zero-order valence-electron chi connectivity index (χ0n) is 9.84. The van der Waals surface area contributed by atoms with Crippen LogP contribution in [0.25, 0.3) is 0 Å². The number of hydrogen-bond donors (Lipinski definition) is 1. The van der Waals surface area contributed by atoms with Crippen LogP contribution in [0.5, 0.6) is 0 Å². The molecule has 1 heterocycles. The molecule has 0 bridgehead atoms. The average molecular weight is 319 g/mol. The van der Waals surface area contributed by atoms with Crippen LogP contribution in [0.2, 0.25) is 0 Å². The van der Waals surface area contributed by atoms with Crippen molar-refractivity contribution in [2.75, 3.05) is 19.6 Å². The molecule has 1 saturated heterocycles. The second-order valence-electron chi connectivity index (χ2n) is 4.27. The van der Waals surface area contributed by atoms with Crippen molar-refractivity contribution >= 4 is 21.8 Å². The van der Waals surface area contributed by atoms with E-state index in [0.29, 0.717) is 19.6 Å². The zero-order valence-corrected chi connectivity index (χ0v) is 11.4. The first-order chi connectivity index (χ1) is 8.52. The smallest absolute Gasteiger partial charge is 0.260 e. The highest BCUT2D eigenvalue weighted by molar-refractivity contribution is 9.10. The molecular formula is C12H13BrF2N2O. The zero-order chi connectivity index (χ0) is 13.3. The van der Waals surface area contributed by atoms with Gasteiger partial charge in [0.15, 0.2) is 5.82 Å². The molecular weight excluding hydrogens is 306 g/mol. The number of benzene rings is 1. The van der Waals surface area contributed by atoms with E-state index in [0.717, 1.165) is 6.07 Å².